The maximum Gasteiger partial charge on any atom is 0.337 e. The molecular formula is C14H11NO4. The fourth-order valence-electron chi connectivity index (χ4n) is 1.76. The first-order valence-electron chi connectivity index (χ1n) is 5.52. The highest BCUT2D eigenvalue weighted by Gasteiger charge is 2.09. The number of benzene rings is 1. The number of aromatic carboxylic acids is 2. The molecule has 96 valence electrons. The van der Waals surface area contributed by atoms with Crippen molar-refractivity contribution in [3.63, 3.8) is 0 Å². The van der Waals surface area contributed by atoms with Crippen LogP contribution < -0.4 is 0 Å². The molecule has 0 spiro atoms. The molecule has 0 amide bonds. The zero-order valence-corrected chi connectivity index (χ0v) is 10.1. The molecule has 1 aromatic carbocycles. The molecule has 19 heavy (non-hydrogen) atoms. The van der Waals surface area contributed by atoms with Gasteiger partial charge in [0, 0.05) is 11.8 Å². The third-order valence-electron chi connectivity index (χ3n) is 2.76. The highest BCUT2D eigenvalue weighted by molar-refractivity contribution is 5.89. The summed E-state index contributed by atoms with van der Waals surface area (Å²) in [5, 5.41) is 17.7. The molecule has 0 aliphatic heterocycles. The molecule has 5 heteroatoms. The zero-order chi connectivity index (χ0) is 14.0. The summed E-state index contributed by atoms with van der Waals surface area (Å²) in [6.07, 6.45) is 1.28. The Morgan fingerprint density at radius 2 is 1.63 bits per heavy atom. The van der Waals surface area contributed by atoms with E-state index >= 15 is 0 Å². The van der Waals surface area contributed by atoms with Gasteiger partial charge in [0.25, 0.3) is 0 Å². The summed E-state index contributed by atoms with van der Waals surface area (Å²) >= 11 is 0. The Balaban J connectivity index is 2.41. The number of carbonyl (C=O) groups is 2. The molecule has 1 aromatic heterocycles. The highest BCUT2D eigenvalue weighted by Crippen LogP contribution is 2.22. The van der Waals surface area contributed by atoms with Crippen LogP contribution in [0.2, 0.25) is 0 Å². The van der Waals surface area contributed by atoms with Crippen LogP contribution in [-0.4, -0.2) is 27.1 Å². The molecule has 2 rings (SSSR count). The van der Waals surface area contributed by atoms with Crippen molar-refractivity contribution in [1.82, 2.24) is 4.98 Å². The lowest BCUT2D eigenvalue weighted by Crippen LogP contribution is -1.99. The molecule has 5 nitrogen and oxygen atoms in total. The molecule has 2 N–H and O–H groups in total. The van der Waals surface area contributed by atoms with Gasteiger partial charge in [-0.15, -0.1) is 0 Å². The quantitative estimate of drug-likeness (QED) is 0.881. The first-order chi connectivity index (χ1) is 8.99. The molecule has 0 atom stereocenters. The van der Waals surface area contributed by atoms with Gasteiger partial charge in [-0.1, -0.05) is 6.07 Å². The summed E-state index contributed by atoms with van der Waals surface area (Å²) in [6, 6.07) is 7.80. The Kier molecular flexibility index (Phi) is 3.29. The first kappa shape index (κ1) is 12.8. The lowest BCUT2D eigenvalue weighted by atomic mass is 10.0. The van der Waals surface area contributed by atoms with E-state index in [-0.39, 0.29) is 11.1 Å². The standard InChI is InChI=1S/C14H11NO4/c1-8-6-9(13(16)17)2-4-11(8)12-5-3-10(7-15-12)14(18)19/h2-7H,1H3,(H,16,17)(H,18,19). The van der Waals surface area contributed by atoms with Crippen molar-refractivity contribution in [1.29, 1.82) is 0 Å². The van der Waals surface area contributed by atoms with Gasteiger partial charge in [0.05, 0.1) is 16.8 Å². The van der Waals surface area contributed by atoms with Crippen LogP contribution in [0.1, 0.15) is 26.3 Å². The van der Waals surface area contributed by atoms with Gasteiger partial charge in [0.15, 0.2) is 0 Å². The van der Waals surface area contributed by atoms with Gasteiger partial charge in [0.1, 0.15) is 0 Å². The molecule has 0 unspecified atom stereocenters. The smallest absolute Gasteiger partial charge is 0.337 e. The number of aryl methyl sites for hydroxylation is 1. The van der Waals surface area contributed by atoms with Gasteiger partial charge >= 0.3 is 11.9 Å². The van der Waals surface area contributed by atoms with Crippen LogP contribution in [0.15, 0.2) is 36.5 Å². The topological polar surface area (TPSA) is 87.5 Å². The van der Waals surface area contributed by atoms with Crippen molar-refractivity contribution in [3.8, 4) is 11.3 Å². The fourth-order valence-corrected chi connectivity index (χ4v) is 1.76. The average Bonchev–Trinajstić information content (AvgIpc) is 2.38. The maximum absolute atomic E-state index is 10.8. The highest BCUT2D eigenvalue weighted by atomic mass is 16.4. The minimum Gasteiger partial charge on any atom is -0.478 e. The molecule has 0 saturated heterocycles. The lowest BCUT2D eigenvalue weighted by Gasteiger charge is -2.06. The van der Waals surface area contributed by atoms with Crippen molar-refractivity contribution < 1.29 is 19.8 Å². The SMILES string of the molecule is Cc1cc(C(=O)O)ccc1-c1ccc(C(=O)O)cn1. The normalized spacial score (nSPS) is 10.2. The van der Waals surface area contributed by atoms with Gasteiger partial charge < -0.3 is 10.2 Å². The van der Waals surface area contributed by atoms with Gasteiger partial charge in [-0.2, -0.15) is 0 Å². The molecule has 0 aliphatic rings. The van der Waals surface area contributed by atoms with Gasteiger partial charge in [-0.3, -0.25) is 4.98 Å². The summed E-state index contributed by atoms with van der Waals surface area (Å²) in [7, 11) is 0. The molecule has 1 heterocycles. The van der Waals surface area contributed by atoms with Gasteiger partial charge in [-0.05, 0) is 36.8 Å². The second-order valence-electron chi connectivity index (χ2n) is 4.07. The van der Waals surface area contributed by atoms with Crippen LogP contribution in [0.4, 0.5) is 0 Å². The minimum atomic E-state index is -1.03. The summed E-state index contributed by atoms with van der Waals surface area (Å²) in [6.45, 7) is 1.79. The monoisotopic (exact) mass is 257 g/mol. The second kappa shape index (κ2) is 4.89. The third-order valence-corrected chi connectivity index (χ3v) is 2.76. The number of rotatable bonds is 3. The van der Waals surface area contributed by atoms with Crippen molar-refractivity contribution in [2.75, 3.05) is 0 Å². The third kappa shape index (κ3) is 2.60. The Labute approximate surface area is 109 Å². The summed E-state index contributed by atoms with van der Waals surface area (Å²) in [5.41, 5.74) is 2.49. The van der Waals surface area contributed by atoms with Crippen molar-refractivity contribution in [2.24, 2.45) is 0 Å². The molecule has 0 bridgehead atoms. The summed E-state index contributed by atoms with van der Waals surface area (Å²) < 4.78 is 0. The Hall–Kier alpha value is -2.69. The van der Waals surface area contributed by atoms with Crippen LogP contribution in [0.3, 0.4) is 0 Å². The zero-order valence-electron chi connectivity index (χ0n) is 10.1. The molecule has 0 aliphatic carbocycles. The van der Waals surface area contributed by atoms with E-state index in [4.69, 9.17) is 10.2 Å². The van der Waals surface area contributed by atoms with Crippen LogP contribution in [0.25, 0.3) is 11.3 Å². The fraction of sp³-hybridized carbons (Fsp3) is 0.0714. The van der Waals surface area contributed by atoms with Crippen molar-refractivity contribution >= 4 is 11.9 Å². The van der Waals surface area contributed by atoms with Gasteiger partial charge in [-0.25, -0.2) is 9.59 Å². The Morgan fingerprint density at radius 1 is 1.00 bits per heavy atom. The number of hydrogen-bond acceptors (Lipinski definition) is 3. The predicted octanol–water partition coefficient (Wildman–Crippen LogP) is 2.45. The average molecular weight is 257 g/mol. The van der Waals surface area contributed by atoms with E-state index in [9.17, 15) is 9.59 Å². The number of hydrogen-bond donors (Lipinski definition) is 2. The van der Waals surface area contributed by atoms with E-state index in [2.05, 4.69) is 4.98 Å². The predicted molar refractivity (Wildman–Crippen MR) is 68.3 cm³/mol. The van der Waals surface area contributed by atoms with Gasteiger partial charge in [0.2, 0.25) is 0 Å². The summed E-state index contributed by atoms with van der Waals surface area (Å²) in [5.74, 6) is -2.01. The van der Waals surface area contributed by atoms with Crippen LogP contribution in [0, 0.1) is 6.92 Å². The van der Waals surface area contributed by atoms with Crippen LogP contribution in [0.5, 0.6) is 0 Å². The number of nitrogens with zero attached hydrogens (tertiary/aromatic N) is 1. The Bertz CT molecular complexity index is 647. The number of pyridine rings is 1. The Morgan fingerprint density at radius 3 is 2.11 bits per heavy atom. The lowest BCUT2D eigenvalue weighted by molar-refractivity contribution is 0.0685. The summed E-state index contributed by atoms with van der Waals surface area (Å²) in [4.78, 5) is 25.6. The number of carboxylic acid groups (broad SMARTS) is 2. The van der Waals surface area contributed by atoms with E-state index in [1.54, 1.807) is 25.1 Å². The first-order valence-corrected chi connectivity index (χ1v) is 5.52. The van der Waals surface area contributed by atoms with Crippen LogP contribution in [-0.2, 0) is 0 Å². The van der Waals surface area contributed by atoms with E-state index in [1.807, 2.05) is 0 Å². The maximum atomic E-state index is 10.8. The number of carboxylic acids is 2. The number of aromatic nitrogens is 1. The van der Waals surface area contributed by atoms with E-state index in [0.717, 1.165) is 11.1 Å². The second-order valence-corrected chi connectivity index (χ2v) is 4.07. The molecule has 0 saturated carbocycles. The molecule has 2 aromatic rings. The minimum absolute atomic E-state index is 0.114. The van der Waals surface area contributed by atoms with Crippen molar-refractivity contribution in [3.05, 3.63) is 53.2 Å². The molecule has 0 fully saturated rings. The largest absolute Gasteiger partial charge is 0.478 e. The molecular weight excluding hydrogens is 246 g/mol. The van der Waals surface area contributed by atoms with Crippen molar-refractivity contribution in [2.45, 2.75) is 6.92 Å². The van der Waals surface area contributed by atoms with Crippen LogP contribution >= 0.6 is 0 Å². The van der Waals surface area contributed by atoms with E-state index in [0.29, 0.717) is 5.69 Å². The van der Waals surface area contributed by atoms with E-state index in [1.165, 1.54) is 18.3 Å². The van der Waals surface area contributed by atoms with E-state index < -0.39 is 11.9 Å². The molecule has 0 radical (unpaired) electrons.